The number of nitrogens with zero attached hydrogens (tertiary/aromatic N) is 2. The van der Waals surface area contributed by atoms with E-state index in [9.17, 15) is 0 Å². The SMILES string of the molecule is Clc1cc(OCc2ccccc2)nc(OCc2ccccc2)n1. The van der Waals surface area contributed by atoms with Gasteiger partial charge in [-0.05, 0) is 11.1 Å². The van der Waals surface area contributed by atoms with Crippen LogP contribution in [0, 0.1) is 0 Å². The van der Waals surface area contributed by atoms with Crippen LogP contribution in [-0.2, 0) is 13.2 Å². The molecule has 0 aliphatic rings. The van der Waals surface area contributed by atoms with Crippen molar-refractivity contribution < 1.29 is 9.47 Å². The van der Waals surface area contributed by atoms with E-state index in [2.05, 4.69) is 9.97 Å². The summed E-state index contributed by atoms with van der Waals surface area (Å²) >= 11 is 6.00. The molecule has 0 atom stereocenters. The molecule has 0 N–H and O–H groups in total. The maximum atomic E-state index is 6.00. The first-order valence-electron chi connectivity index (χ1n) is 7.17. The molecule has 0 saturated heterocycles. The second kappa shape index (κ2) is 7.61. The van der Waals surface area contributed by atoms with E-state index in [4.69, 9.17) is 21.1 Å². The van der Waals surface area contributed by atoms with Crippen LogP contribution in [0.1, 0.15) is 11.1 Å². The van der Waals surface area contributed by atoms with E-state index in [0.29, 0.717) is 19.1 Å². The van der Waals surface area contributed by atoms with Crippen LogP contribution in [0.2, 0.25) is 5.15 Å². The van der Waals surface area contributed by atoms with Gasteiger partial charge in [0.25, 0.3) is 0 Å². The Hall–Kier alpha value is -2.59. The maximum absolute atomic E-state index is 6.00. The van der Waals surface area contributed by atoms with Gasteiger partial charge in [-0.1, -0.05) is 72.3 Å². The number of ether oxygens (including phenoxy) is 2. The highest BCUT2D eigenvalue weighted by atomic mass is 35.5. The lowest BCUT2D eigenvalue weighted by atomic mass is 10.2. The van der Waals surface area contributed by atoms with Gasteiger partial charge in [0.05, 0.1) is 0 Å². The van der Waals surface area contributed by atoms with Crippen molar-refractivity contribution in [1.29, 1.82) is 0 Å². The molecule has 116 valence electrons. The molecule has 2 aromatic carbocycles. The molecule has 0 fully saturated rings. The minimum Gasteiger partial charge on any atom is -0.473 e. The lowest BCUT2D eigenvalue weighted by Crippen LogP contribution is -2.02. The molecule has 0 aliphatic carbocycles. The fraction of sp³-hybridized carbons (Fsp3) is 0.111. The van der Waals surface area contributed by atoms with Gasteiger partial charge in [0.1, 0.15) is 18.4 Å². The first-order chi connectivity index (χ1) is 11.3. The quantitative estimate of drug-likeness (QED) is 0.634. The molecule has 0 amide bonds. The third-order valence-corrected chi connectivity index (χ3v) is 3.28. The predicted molar refractivity (Wildman–Crippen MR) is 88.6 cm³/mol. The normalized spacial score (nSPS) is 10.3. The van der Waals surface area contributed by atoms with Crippen molar-refractivity contribution in [3.63, 3.8) is 0 Å². The van der Waals surface area contributed by atoms with Crippen molar-refractivity contribution in [1.82, 2.24) is 9.97 Å². The van der Waals surface area contributed by atoms with Gasteiger partial charge in [-0.15, -0.1) is 0 Å². The van der Waals surface area contributed by atoms with Gasteiger partial charge in [0.15, 0.2) is 0 Å². The molecule has 23 heavy (non-hydrogen) atoms. The molecule has 0 saturated carbocycles. The van der Waals surface area contributed by atoms with E-state index in [0.717, 1.165) is 11.1 Å². The molecular weight excluding hydrogens is 312 g/mol. The standard InChI is InChI=1S/C18H15ClN2O2/c19-16-11-17(22-12-14-7-3-1-4-8-14)21-18(20-16)23-13-15-9-5-2-6-10-15/h1-11H,12-13H2. The van der Waals surface area contributed by atoms with Crippen LogP contribution < -0.4 is 9.47 Å². The summed E-state index contributed by atoms with van der Waals surface area (Å²) < 4.78 is 11.2. The molecule has 0 spiro atoms. The number of halogens is 1. The minimum atomic E-state index is 0.199. The highest BCUT2D eigenvalue weighted by Gasteiger charge is 2.06. The maximum Gasteiger partial charge on any atom is 0.321 e. The number of rotatable bonds is 6. The fourth-order valence-corrected chi connectivity index (χ4v) is 2.13. The van der Waals surface area contributed by atoms with Crippen molar-refractivity contribution in [3.05, 3.63) is 83.0 Å². The largest absolute Gasteiger partial charge is 0.473 e. The van der Waals surface area contributed by atoms with Gasteiger partial charge >= 0.3 is 6.01 Å². The van der Waals surface area contributed by atoms with Gasteiger partial charge in [0.2, 0.25) is 5.88 Å². The Morgan fingerprint density at radius 1 is 0.739 bits per heavy atom. The molecule has 5 heteroatoms. The Morgan fingerprint density at radius 3 is 1.91 bits per heavy atom. The topological polar surface area (TPSA) is 44.2 Å². The summed E-state index contributed by atoms with van der Waals surface area (Å²) in [6, 6.07) is 21.4. The molecule has 4 nitrogen and oxygen atoms in total. The number of aromatic nitrogens is 2. The average molecular weight is 327 g/mol. The van der Waals surface area contributed by atoms with E-state index in [1.54, 1.807) is 6.07 Å². The average Bonchev–Trinajstić information content (AvgIpc) is 2.60. The number of benzene rings is 2. The lowest BCUT2D eigenvalue weighted by molar-refractivity contribution is 0.258. The third-order valence-electron chi connectivity index (χ3n) is 3.09. The highest BCUT2D eigenvalue weighted by Crippen LogP contribution is 2.19. The summed E-state index contributed by atoms with van der Waals surface area (Å²) in [5, 5.41) is 0.283. The van der Waals surface area contributed by atoms with Crippen molar-refractivity contribution in [2.45, 2.75) is 13.2 Å². The summed E-state index contributed by atoms with van der Waals surface area (Å²) in [6.45, 7) is 0.783. The molecule has 1 aromatic heterocycles. The monoisotopic (exact) mass is 326 g/mol. The van der Waals surface area contributed by atoms with Crippen LogP contribution in [0.5, 0.6) is 11.9 Å². The van der Waals surface area contributed by atoms with Crippen LogP contribution in [0.25, 0.3) is 0 Å². The molecule has 0 unspecified atom stereocenters. The van der Waals surface area contributed by atoms with Gasteiger partial charge in [0, 0.05) is 6.07 Å². The van der Waals surface area contributed by atoms with Crippen LogP contribution in [0.3, 0.4) is 0 Å². The Bertz CT molecular complexity index is 690. The van der Waals surface area contributed by atoms with E-state index >= 15 is 0 Å². The van der Waals surface area contributed by atoms with Gasteiger partial charge in [-0.3, -0.25) is 0 Å². The third kappa shape index (κ3) is 4.69. The van der Waals surface area contributed by atoms with Crippen LogP contribution in [0.15, 0.2) is 66.7 Å². The van der Waals surface area contributed by atoms with Gasteiger partial charge < -0.3 is 9.47 Å². The van der Waals surface area contributed by atoms with Crippen LogP contribution >= 0.6 is 11.6 Å². The molecule has 0 radical (unpaired) electrons. The molecule has 1 heterocycles. The molecule has 3 rings (SSSR count). The van der Waals surface area contributed by atoms with Gasteiger partial charge in [-0.2, -0.15) is 9.97 Å². The first kappa shape index (κ1) is 15.3. The minimum absolute atomic E-state index is 0.199. The van der Waals surface area contributed by atoms with Crippen LogP contribution in [0.4, 0.5) is 0 Å². The summed E-state index contributed by atoms with van der Waals surface area (Å²) in [5.41, 5.74) is 2.08. The molecular formula is C18H15ClN2O2. The second-order valence-corrected chi connectivity index (χ2v) is 5.25. The smallest absolute Gasteiger partial charge is 0.321 e. The Morgan fingerprint density at radius 2 is 1.30 bits per heavy atom. The van der Waals surface area contributed by atoms with E-state index in [1.165, 1.54) is 0 Å². The first-order valence-corrected chi connectivity index (χ1v) is 7.55. The highest BCUT2D eigenvalue weighted by molar-refractivity contribution is 6.29. The van der Waals surface area contributed by atoms with Crippen LogP contribution in [-0.4, -0.2) is 9.97 Å². The molecule has 3 aromatic rings. The number of hydrogen-bond acceptors (Lipinski definition) is 4. The van der Waals surface area contributed by atoms with Crippen molar-refractivity contribution in [3.8, 4) is 11.9 Å². The van der Waals surface area contributed by atoms with E-state index in [-0.39, 0.29) is 11.2 Å². The van der Waals surface area contributed by atoms with Crippen molar-refractivity contribution in [2.24, 2.45) is 0 Å². The Labute approximate surface area is 139 Å². The zero-order chi connectivity index (χ0) is 15.9. The summed E-state index contributed by atoms with van der Waals surface area (Å²) in [4.78, 5) is 8.28. The van der Waals surface area contributed by atoms with Crippen molar-refractivity contribution in [2.75, 3.05) is 0 Å². The summed E-state index contributed by atoms with van der Waals surface area (Å²) in [7, 11) is 0. The van der Waals surface area contributed by atoms with Gasteiger partial charge in [-0.25, -0.2) is 0 Å². The number of hydrogen-bond donors (Lipinski definition) is 0. The van der Waals surface area contributed by atoms with E-state index < -0.39 is 0 Å². The summed E-state index contributed by atoms with van der Waals surface area (Å²) in [6.07, 6.45) is 0. The second-order valence-electron chi connectivity index (χ2n) is 4.86. The Balaban J connectivity index is 1.64. The summed E-state index contributed by atoms with van der Waals surface area (Å²) in [5.74, 6) is 0.386. The fourth-order valence-electron chi connectivity index (χ4n) is 1.97. The Kier molecular flexibility index (Phi) is 5.06. The zero-order valence-corrected chi connectivity index (χ0v) is 13.1. The molecule has 0 aliphatic heterocycles. The zero-order valence-electron chi connectivity index (χ0n) is 12.4. The predicted octanol–water partition coefficient (Wildman–Crippen LogP) is 4.29. The van der Waals surface area contributed by atoms with Crippen molar-refractivity contribution >= 4 is 11.6 Å². The molecule has 0 bridgehead atoms. The lowest BCUT2D eigenvalue weighted by Gasteiger charge is -2.08. The van der Waals surface area contributed by atoms with E-state index in [1.807, 2.05) is 60.7 Å².